The Morgan fingerprint density at radius 2 is 1.86 bits per heavy atom. The van der Waals surface area contributed by atoms with Crippen molar-refractivity contribution in [1.29, 1.82) is 0 Å². The van der Waals surface area contributed by atoms with Crippen LogP contribution in [0.3, 0.4) is 0 Å². The van der Waals surface area contributed by atoms with Crippen LogP contribution in [0, 0.1) is 0 Å². The lowest BCUT2D eigenvalue weighted by molar-refractivity contribution is 0.0299. The number of carbonyl (C=O) groups is 1. The summed E-state index contributed by atoms with van der Waals surface area (Å²) >= 11 is 0. The van der Waals surface area contributed by atoms with Gasteiger partial charge in [-0.15, -0.1) is 0 Å². The number of anilines is 1. The highest BCUT2D eigenvalue weighted by molar-refractivity contribution is 5.92. The van der Waals surface area contributed by atoms with Gasteiger partial charge in [0.2, 0.25) is 5.89 Å². The minimum Gasteiger partial charge on any atom is -0.495 e. The van der Waals surface area contributed by atoms with Crippen LogP contribution < -0.4 is 9.64 Å². The molecule has 2 aliphatic heterocycles. The van der Waals surface area contributed by atoms with Crippen molar-refractivity contribution in [3.05, 3.63) is 42.1 Å². The van der Waals surface area contributed by atoms with Crippen LogP contribution in [0.25, 0.3) is 0 Å². The Balaban J connectivity index is 1.31. The smallest absolute Gasteiger partial charge is 0.275 e. The maximum atomic E-state index is 12.5. The lowest BCUT2D eigenvalue weighted by atomic mass is 10.2. The van der Waals surface area contributed by atoms with Crippen molar-refractivity contribution in [2.75, 3.05) is 64.5 Å². The molecule has 28 heavy (non-hydrogen) atoms. The third-order valence-corrected chi connectivity index (χ3v) is 5.23. The quantitative estimate of drug-likeness (QED) is 0.771. The van der Waals surface area contributed by atoms with Gasteiger partial charge in [-0.1, -0.05) is 12.1 Å². The molecule has 2 fully saturated rings. The number of nitrogens with zero attached hydrogens (tertiary/aromatic N) is 4. The maximum Gasteiger partial charge on any atom is 0.275 e. The molecule has 3 heterocycles. The second-order valence-corrected chi connectivity index (χ2v) is 6.97. The first-order chi connectivity index (χ1) is 13.7. The molecule has 1 amide bonds. The molecule has 0 radical (unpaired) electrons. The third-order valence-electron chi connectivity index (χ3n) is 5.23. The van der Waals surface area contributed by atoms with Crippen molar-refractivity contribution < 1.29 is 18.7 Å². The van der Waals surface area contributed by atoms with E-state index in [1.165, 1.54) is 6.26 Å². The van der Waals surface area contributed by atoms with Gasteiger partial charge in [-0.3, -0.25) is 9.69 Å². The first-order valence-electron chi connectivity index (χ1n) is 9.66. The van der Waals surface area contributed by atoms with Crippen molar-refractivity contribution in [3.63, 3.8) is 0 Å². The molecular formula is C20H26N4O4. The van der Waals surface area contributed by atoms with Crippen LogP contribution in [0.15, 0.2) is 34.9 Å². The van der Waals surface area contributed by atoms with Crippen LogP contribution in [0.1, 0.15) is 16.4 Å². The Hall–Kier alpha value is -2.58. The topological polar surface area (TPSA) is 71.3 Å². The molecule has 8 nitrogen and oxygen atoms in total. The number of piperazine rings is 1. The Morgan fingerprint density at radius 3 is 2.61 bits per heavy atom. The SMILES string of the molecule is COc1ccccc1N1CCN(Cc2nc(C(=O)N3CCOCC3)co2)CC1. The average Bonchev–Trinajstić information content (AvgIpc) is 3.23. The van der Waals surface area contributed by atoms with Gasteiger partial charge in [0.1, 0.15) is 12.0 Å². The van der Waals surface area contributed by atoms with Crippen LogP contribution in [0.4, 0.5) is 5.69 Å². The van der Waals surface area contributed by atoms with Gasteiger partial charge in [-0.25, -0.2) is 4.98 Å². The van der Waals surface area contributed by atoms with E-state index in [1.807, 2.05) is 18.2 Å². The van der Waals surface area contributed by atoms with E-state index in [0.717, 1.165) is 37.6 Å². The number of benzene rings is 1. The van der Waals surface area contributed by atoms with Gasteiger partial charge in [0.05, 0.1) is 32.6 Å². The molecule has 0 saturated carbocycles. The van der Waals surface area contributed by atoms with E-state index in [1.54, 1.807) is 12.0 Å². The fraction of sp³-hybridized carbons (Fsp3) is 0.500. The first-order valence-corrected chi connectivity index (χ1v) is 9.66. The van der Waals surface area contributed by atoms with E-state index in [-0.39, 0.29) is 5.91 Å². The van der Waals surface area contributed by atoms with Crippen LogP contribution in [-0.4, -0.2) is 80.3 Å². The summed E-state index contributed by atoms with van der Waals surface area (Å²) in [4.78, 5) is 23.3. The van der Waals surface area contributed by atoms with Gasteiger partial charge >= 0.3 is 0 Å². The summed E-state index contributed by atoms with van der Waals surface area (Å²) in [5.74, 6) is 1.40. The van der Waals surface area contributed by atoms with Gasteiger partial charge in [0.25, 0.3) is 5.91 Å². The summed E-state index contributed by atoms with van der Waals surface area (Å²) in [6.45, 7) is 6.56. The summed E-state index contributed by atoms with van der Waals surface area (Å²) < 4.78 is 16.3. The summed E-state index contributed by atoms with van der Waals surface area (Å²) in [6, 6.07) is 8.09. The van der Waals surface area contributed by atoms with Gasteiger partial charge < -0.3 is 23.7 Å². The van der Waals surface area contributed by atoms with Crippen molar-refractivity contribution in [2.45, 2.75) is 6.54 Å². The van der Waals surface area contributed by atoms with Crippen LogP contribution in [0.5, 0.6) is 5.75 Å². The first kappa shape index (κ1) is 18.8. The number of methoxy groups -OCH3 is 1. The van der Waals surface area contributed by atoms with E-state index >= 15 is 0 Å². The van der Waals surface area contributed by atoms with Crippen LogP contribution in [0.2, 0.25) is 0 Å². The molecule has 0 atom stereocenters. The predicted octanol–water partition coefficient (Wildman–Crippen LogP) is 1.48. The fourth-order valence-electron chi connectivity index (χ4n) is 3.64. The summed E-state index contributed by atoms with van der Waals surface area (Å²) in [6.07, 6.45) is 1.47. The normalized spacial score (nSPS) is 18.3. The maximum absolute atomic E-state index is 12.5. The predicted molar refractivity (Wildman–Crippen MR) is 104 cm³/mol. The molecule has 0 unspecified atom stereocenters. The number of morpholine rings is 1. The number of carbonyl (C=O) groups excluding carboxylic acids is 1. The number of hydrogen-bond acceptors (Lipinski definition) is 7. The van der Waals surface area contributed by atoms with E-state index in [4.69, 9.17) is 13.9 Å². The Bertz CT molecular complexity index is 795. The van der Waals surface area contributed by atoms with E-state index in [9.17, 15) is 4.79 Å². The molecule has 0 bridgehead atoms. The largest absolute Gasteiger partial charge is 0.495 e. The van der Waals surface area contributed by atoms with Gasteiger partial charge in [0.15, 0.2) is 5.69 Å². The number of para-hydroxylation sites is 2. The van der Waals surface area contributed by atoms with Crippen molar-refractivity contribution in [2.24, 2.45) is 0 Å². The Kier molecular flexibility index (Phi) is 5.78. The zero-order valence-electron chi connectivity index (χ0n) is 16.2. The average molecular weight is 386 g/mol. The van der Waals surface area contributed by atoms with Gasteiger partial charge in [0, 0.05) is 39.3 Å². The second kappa shape index (κ2) is 8.62. The van der Waals surface area contributed by atoms with E-state index in [0.29, 0.717) is 44.4 Å². The number of hydrogen-bond donors (Lipinski definition) is 0. The second-order valence-electron chi connectivity index (χ2n) is 6.97. The Labute approximate surface area is 164 Å². The summed E-state index contributed by atoms with van der Waals surface area (Å²) in [5.41, 5.74) is 1.50. The molecule has 1 aromatic heterocycles. The molecule has 0 aliphatic carbocycles. The fourth-order valence-corrected chi connectivity index (χ4v) is 3.64. The lowest BCUT2D eigenvalue weighted by Gasteiger charge is -2.36. The number of amides is 1. The Morgan fingerprint density at radius 1 is 1.11 bits per heavy atom. The molecule has 2 aliphatic rings. The molecular weight excluding hydrogens is 360 g/mol. The van der Waals surface area contributed by atoms with E-state index < -0.39 is 0 Å². The number of rotatable bonds is 5. The van der Waals surface area contributed by atoms with E-state index in [2.05, 4.69) is 20.9 Å². The van der Waals surface area contributed by atoms with Crippen molar-refractivity contribution in [1.82, 2.24) is 14.8 Å². The number of oxazole rings is 1. The monoisotopic (exact) mass is 386 g/mol. The molecule has 2 saturated heterocycles. The molecule has 2 aromatic rings. The highest BCUT2D eigenvalue weighted by atomic mass is 16.5. The molecule has 150 valence electrons. The highest BCUT2D eigenvalue weighted by Crippen LogP contribution is 2.28. The standard InChI is InChI=1S/C20H26N4O4/c1-26-18-5-3-2-4-17(18)23-8-6-22(7-9-23)14-19-21-16(15-28-19)20(25)24-10-12-27-13-11-24/h2-5,15H,6-14H2,1H3. The van der Waals surface area contributed by atoms with Gasteiger partial charge in [-0.05, 0) is 12.1 Å². The zero-order valence-corrected chi connectivity index (χ0v) is 16.2. The minimum atomic E-state index is -0.0840. The number of ether oxygens (including phenoxy) is 2. The molecule has 8 heteroatoms. The van der Waals surface area contributed by atoms with Crippen molar-refractivity contribution >= 4 is 11.6 Å². The number of aromatic nitrogens is 1. The van der Waals surface area contributed by atoms with Crippen molar-refractivity contribution in [3.8, 4) is 5.75 Å². The van der Waals surface area contributed by atoms with Crippen LogP contribution >= 0.6 is 0 Å². The lowest BCUT2D eigenvalue weighted by Crippen LogP contribution is -2.46. The molecule has 4 rings (SSSR count). The molecule has 1 aromatic carbocycles. The van der Waals surface area contributed by atoms with Crippen LogP contribution in [-0.2, 0) is 11.3 Å². The third kappa shape index (κ3) is 4.13. The summed E-state index contributed by atoms with van der Waals surface area (Å²) in [5, 5.41) is 0. The minimum absolute atomic E-state index is 0.0840. The van der Waals surface area contributed by atoms with Gasteiger partial charge in [-0.2, -0.15) is 0 Å². The zero-order chi connectivity index (χ0) is 19.3. The summed E-state index contributed by atoms with van der Waals surface area (Å²) in [7, 11) is 1.70. The molecule has 0 spiro atoms. The highest BCUT2D eigenvalue weighted by Gasteiger charge is 2.24. The molecule has 0 N–H and O–H groups in total.